The molecule has 0 N–H and O–H groups in total. The molecular formula is C22H37N3O3. The molecular weight excluding hydrogens is 354 g/mol. The number of aromatic nitrogens is 1. The van der Waals surface area contributed by atoms with E-state index < -0.39 is 5.60 Å². The average Bonchev–Trinajstić information content (AvgIpc) is 3.05. The minimum atomic E-state index is -0.419. The highest BCUT2D eigenvalue weighted by molar-refractivity contribution is 5.68. The zero-order valence-electron chi connectivity index (χ0n) is 18.4. The first-order valence-electron chi connectivity index (χ1n) is 10.8. The van der Waals surface area contributed by atoms with Crippen molar-refractivity contribution >= 4 is 11.9 Å². The Hall–Kier alpha value is -1.72. The number of carbonyl (C=O) groups is 1. The highest BCUT2D eigenvalue weighted by atomic mass is 16.6. The Kier molecular flexibility index (Phi) is 6.25. The van der Waals surface area contributed by atoms with Gasteiger partial charge in [-0.3, -0.25) is 0 Å². The lowest BCUT2D eigenvalue weighted by Gasteiger charge is -2.42. The standard InChI is InChI=1S/C22H37N3O3/c1-15(2)16(3)19-12-20(23-28-19)25-13-18(14-25)11-17-7-9-24(10-8-17)21(26)27-22(4,5)6/h12,15-18H,7-11,13-14H2,1-6H3. The highest BCUT2D eigenvalue weighted by Crippen LogP contribution is 2.34. The monoisotopic (exact) mass is 391 g/mol. The Morgan fingerprint density at radius 3 is 2.43 bits per heavy atom. The summed E-state index contributed by atoms with van der Waals surface area (Å²) < 4.78 is 11.0. The van der Waals surface area contributed by atoms with E-state index in [2.05, 4.69) is 36.9 Å². The van der Waals surface area contributed by atoms with E-state index in [4.69, 9.17) is 9.26 Å². The largest absolute Gasteiger partial charge is 0.444 e. The molecule has 0 aromatic carbocycles. The number of hydrogen-bond acceptors (Lipinski definition) is 5. The van der Waals surface area contributed by atoms with Gasteiger partial charge in [-0.1, -0.05) is 25.9 Å². The fraction of sp³-hybridized carbons (Fsp3) is 0.818. The summed E-state index contributed by atoms with van der Waals surface area (Å²) in [4.78, 5) is 16.4. The molecule has 1 aromatic heterocycles. The third-order valence-electron chi connectivity index (χ3n) is 6.18. The highest BCUT2D eigenvalue weighted by Gasteiger charge is 2.33. The van der Waals surface area contributed by atoms with Gasteiger partial charge in [-0.15, -0.1) is 0 Å². The van der Waals surface area contributed by atoms with Crippen LogP contribution >= 0.6 is 0 Å². The first-order chi connectivity index (χ1) is 13.1. The van der Waals surface area contributed by atoms with Gasteiger partial charge in [0, 0.05) is 38.2 Å². The summed E-state index contributed by atoms with van der Waals surface area (Å²) in [6.07, 6.45) is 3.23. The van der Waals surface area contributed by atoms with Gasteiger partial charge in [0.2, 0.25) is 0 Å². The molecule has 3 heterocycles. The van der Waals surface area contributed by atoms with Gasteiger partial charge in [0.05, 0.1) is 0 Å². The molecule has 2 aliphatic heterocycles. The zero-order chi connectivity index (χ0) is 20.5. The molecule has 28 heavy (non-hydrogen) atoms. The number of hydrogen-bond donors (Lipinski definition) is 0. The van der Waals surface area contributed by atoms with Crippen molar-refractivity contribution in [2.75, 3.05) is 31.1 Å². The van der Waals surface area contributed by atoms with E-state index in [1.807, 2.05) is 25.7 Å². The number of piperidine rings is 1. The van der Waals surface area contributed by atoms with Gasteiger partial charge < -0.3 is 19.1 Å². The molecule has 0 bridgehead atoms. The van der Waals surface area contributed by atoms with Crippen molar-refractivity contribution in [1.82, 2.24) is 10.1 Å². The van der Waals surface area contributed by atoms with Gasteiger partial charge in [-0.2, -0.15) is 0 Å². The molecule has 6 nitrogen and oxygen atoms in total. The normalized spacial score (nSPS) is 20.4. The van der Waals surface area contributed by atoms with E-state index in [1.165, 1.54) is 6.42 Å². The molecule has 1 amide bonds. The number of ether oxygens (including phenoxy) is 1. The molecule has 2 saturated heterocycles. The molecule has 1 unspecified atom stereocenters. The Bertz CT molecular complexity index is 650. The van der Waals surface area contributed by atoms with Crippen molar-refractivity contribution in [2.24, 2.45) is 17.8 Å². The van der Waals surface area contributed by atoms with Gasteiger partial charge in [0.1, 0.15) is 11.4 Å². The summed E-state index contributed by atoms with van der Waals surface area (Å²) >= 11 is 0. The minimum absolute atomic E-state index is 0.168. The molecule has 1 atom stereocenters. The Balaban J connectivity index is 1.39. The second-order valence-electron chi connectivity index (χ2n) is 10.0. The van der Waals surface area contributed by atoms with Crippen LogP contribution in [0.4, 0.5) is 10.6 Å². The van der Waals surface area contributed by atoms with Gasteiger partial charge in [-0.05, 0) is 57.8 Å². The van der Waals surface area contributed by atoms with Crippen LogP contribution in [0.2, 0.25) is 0 Å². The third kappa shape index (κ3) is 5.21. The molecule has 2 fully saturated rings. The summed E-state index contributed by atoms with van der Waals surface area (Å²) in [6, 6.07) is 2.11. The van der Waals surface area contributed by atoms with Crippen LogP contribution in [0.25, 0.3) is 0 Å². The van der Waals surface area contributed by atoms with Crippen molar-refractivity contribution in [1.29, 1.82) is 0 Å². The molecule has 3 rings (SSSR count). The smallest absolute Gasteiger partial charge is 0.410 e. The van der Waals surface area contributed by atoms with Gasteiger partial charge >= 0.3 is 6.09 Å². The molecule has 2 aliphatic rings. The second-order valence-corrected chi connectivity index (χ2v) is 10.0. The van der Waals surface area contributed by atoms with Crippen molar-refractivity contribution in [3.05, 3.63) is 11.8 Å². The van der Waals surface area contributed by atoms with Crippen molar-refractivity contribution < 1.29 is 14.1 Å². The van der Waals surface area contributed by atoms with Crippen LogP contribution in [-0.2, 0) is 4.74 Å². The number of carbonyl (C=O) groups excluding carboxylic acids is 1. The van der Waals surface area contributed by atoms with Crippen LogP contribution < -0.4 is 4.90 Å². The van der Waals surface area contributed by atoms with Crippen LogP contribution in [0, 0.1) is 17.8 Å². The molecule has 1 aromatic rings. The van der Waals surface area contributed by atoms with E-state index in [0.717, 1.165) is 56.5 Å². The van der Waals surface area contributed by atoms with E-state index >= 15 is 0 Å². The second kappa shape index (κ2) is 8.34. The Morgan fingerprint density at radius 2 is 1.86 bits per heavy atom. The SMILES string of the molecule is CC(C)C(C)c1cc(N2CC(CC3CCN(C(=O)OC(C)(C)C)CC3)C2)no1. The maximum atomic E-state index is 12.2. The Morgan fingerprint density at radius 1 is 1.21 bits per heavy atom. The quantitative estimate of drug-likeness (QED) is 0.714. The molecule has 0 radical (unpaired) electrons. The van der Waals surface area contributed by atoms with E-state index in [-0.39, 0.29) is 6.09 Å². The number of likely N-dealkylation sites (tertiary alicyclic amines) is 1. The topological polar surface area (TPSA) is 58.8 Å². The number of anilines is 1. The lowest BCUT2D eigenvalue weighted by atomic mass is 9.83. The van der Waals surface area contributed by atoms with Crippen molar-refractivity contribution in [2.45, 2.75) is 72.3 Å². The summed E-state index contributed by atoms with van der Waals surface area (Å²) in [5.74, 6) is 4.35. The fourth-order valence-corrected chi connectivity index (χ4v) is 4.03. The first-order valence-corrected chi connectivity index (χ1v) is 10.8. The third-order valence-corrected chi connectivity index (χ3v) is 6.18. The average molecular weight is 392 g/mol. The summed E-state index contributed by atoms with van der Waals surface area (Å²) in [6.45, 7) is 16.1. The van der Waals surface area contributed by atoms with Crippen LogP contribution in [0.3, 0.4) is 0 Å². The summed E-state index contributed by atoms with van der Waals surface area (Å²) in [5.41, 5.74) is -0.419. The van der Waals surface area contributed by atoms with Crippen LogP contribution in [0.1, 0.15) is 72.5 Å². The summed E-state index contributed by atoms with van der Waals surface area (Å²) in [5, 5.41) is 4.27. The van der Waals surface area contributed by atoms with Gasteiger partial charge in [0.15, 0.2) is 5.82 Å². The molecule has 0 spiro atoms. The van der Waals surface area contributed by atoms with Crippen LogP contribution in [-0.4, -0.2) is 47.9 Å². The van der Waals surface area contributed by atoms with Crippen LogP contribution in [0.15, 0.2) is 10.6 Å². The maximum absolute atomic E-state index is 12.2. The van der Waals surface area contributed by atoms with E-state index in [9.17, 15) is 4.79 Å². The number of amides is 1. The fourth-order valence-electron chi connectivity index (χ4n) is 4.03. The van der Waals surface area contributed by atoms with E-state index in [1.54, 1.807) is 0 Å². The number of nitrogens with zero attached hydrogens (tertiary/aromatic N) is 3. The number of rotatable bonds is 5. The maximum Gasteiger partial charge on any atom is 0.410 e. The zero-order valence-corrected chi connectivity index (χ0v) is 18.4. The molecule has 0 saturated carbocycles. The predicted molar refractivity (Wildman–Crippen MR) is 111 cm³/mol. The Labute approximate surface area is 169 Å². The predicted octanol–water partition coefficient (Wildman–Crippen LogP) is 4.91. The molecule has 6 heteroatoms. The summed E-state index contributed by atoms with van der Waals surface area (Å²) in [7, 11) is 0. The van der Waals surface area contributed by atoms with Crippen LogP contribution in [0.5, 0.6) is 0 Å². The van der Waals surface area contributed by atoms with Gasteiger partial charge in [-0.25, -0.2) is 4.79 Å². The van der Waals surface area contributed by atoms with E-state index in [0.29, 0.717) is 17.8 Å². The lowest BCUT2D eigenvalue weighted by Crippen LogP contribution is -2.48. The van der Waals surface area contributed by atoms with Gasteiger partial charge in [0.25, 0.3) is 0 Å². The molecule has 158 valence electrons. The lowest BCUT2D eigenvalue weighted by molar-refractivity contribution is 0.0174. The first kappa shape index (κ1) is 21.0. The van der Waals surface area contributed by atoms with Crippen molar-refractivity contribution in [3.63, 3.8) is 0 Å². The molecule has 0 aliphatic carbocycles. The van der Waals surface area contributed by atoms with Crippen molar-refractivity contribution in [3.8, 4) is 0 Å². The minimum Gasteiger partial charge on any atom is -0.444 e.